The second kappa shape index (κ2) is 9.50. The zero-order valence-electron chi connectivity index (χ0n) is 16.3. The molecule has 0 spiro atoms. The summed E-state index contributed by atoms with van der Waals surface area (Å²) in [7, 11) is 0. The molecule has 2 amide bonds. The van der Waals surface area contributed by atoms with E-state index in [-0.39, 0.29) is 17.7 Å². The summed E-state index contributed by atoms with van der Waals surface area (Å²) >= 11 is 0. The number of rotatable bonds is 7. The van der Waals surface area contributed by atoms with Crippen LogP contribution in [0.2, 0.25) is 0 Å². The van der Waals surface area contributed by atoms with Crippen molar-refractivity contribution in [2.45, 2.75) is 58.9 Å². The van der Waals surface area contributed by atoms with Crippen LogP contribution in [0.25, 0.3) is 0 Å². The third-order valence-corrected chi connectivity index (χ3v) is 4.37. The highest BCUT2D eigenvalue weighted by atomic mass is 16.7. The Labute approximate surface area is 159 Å². The molecule has 148 valence electrons. The van der Waals surface area contributed by atoms with Crippen molar-refractivity contribution in [3.63, 3.8) is 0 Å². The van der Waals surface area contributed by atoms with E-state index in [0.717, 1.165) is 5.56 Å². The Hall–Kier alpha value is -2.41. The molecule has 1 heterocycles. The molecule has 1 aromatic carbocycles. The van der Waals surface area contributed by atoms with Gasteiger partial charge < -0.3 is 20.1 Å². The first kappa shape index (κ1) is 20.9. The fraction of sp³-hybridized carbons (Fsp3) is 0.550. The lowest BCUT2D eigenvalue weighted by Crippen LogP contribution is -2.52. The summed E-state index contributed by atoms with van der Waals surface area (Å²) in [4.78, 5) is 36.6. The largest absolute Gasteiger partial charge is 0.434 e. The lowest BCUT2D eigenvalue weighted by molar-refractivity contribution is -0.170. The number of carbonyl (C=O) groups is 3. The van der Waals surface area contributed by atoms with Gasteiger partial charge in [0.25, 0.3) is 5.91 Å². The van der Waals surface area contributed by atoms with Crippen LogP contribution < -0.4 is 10.6 Å². The van der Waals surface area contributed by atoms with Crippen LogP contribution in [0.1, 0.15) is 49.5 Å². The van der Waals surface area contributed by atoms with Crippen molar-refractivity contribution in [2.24, 2.45) is 5.92 Å². The Morgan fingerprint density at radius 1 is 1.26 bits per heavy atom. The summed E-state index contributed by atoms with van der Waals surface area (Å²) in [6.07, 6.45) is 0.247. The number of carbonyl (C=O) groups excluding carboxylic acids is 3. The van der Waals surface area contributed by atoms with Crippen LogP contribution in [-0.4, -0.2) is 42.8 Å². The van der Waals surface area contributed by atoms with E-state index in [2.05, 4.69) is 10.6 Å². The molecule has 0 unspecified atom stereocenters. The number of hydrogen-bond acceptors (Lipinski definition) is 5. The minimum absolute atomic E-state index is 0.210. The Balaban J connectivity index is 2.06. The van der Waals surface area contributed by atoms with Crippen LogP contribution in [0, 0.1) is 12.8 Å². The topological polar surface area (TPSA) is 93.7 Å². The monoisotopic (exact) mass is 376 g/mol. The van der Waals surface area contributed by atoms with Gasteiger partial charge in [-0.15, -0.1) is 0 Å². The second-order valence-corrected chi connectivity index (χ2v) is 7.22. The van der Waals surface area contributed by atoms with Gasteiger partial charge in [0.05, 0.1) is 12.6 Å². The summed E-state index contributed by atoms with van der Waals surface area (Å²) in [5.74, 6) is -0.846. The van der Waals surface area contributed by atoms with Crippen LogP contribution in [-0.2, 0) is 19.1 Å². The van der Waals surface area contributed by atoms with Crippen LogP contribution in [0.3, 0.4) is 0 Å². The summed E-state index contributed by atoms with van der Waals surface area (Å²) in [5, 5.41) is 5.69. The molecule has 7 heteroatoms. The molecule has 0 aliphatic carbocycles. The second-order valence-electron chi connectivity index (χ2n) is 7.22. The molecular weight excluding hydrogens is 348 g/mol. The average molecular weight is 376 g/mol. The zero-order valence-corrected chi connectivity index (χ0v) is 16.3. The van der Waals surface area contributed by atoms with E-state index in [1.165, 1.54) is 6.92 Å². The van der Waals surface area contributed by atoms with Crippen molar-refractivity contribution in [3.8, 4) is 0 Å². The first-order valence-electron chi connectivity index (χ1n) is 9.23. The van der Waals surface area contributed by atoms with Gasteiger partial charge in [-0.3, -0.25) is 14.4 Å². The maximum Gasteiger partial charge on any atom is 0.305 e. The van der Waals surface area contributed by atoms with Crippen molar-refractivity contribution in [2.75, 3.05) is 6.61 Å². The Morgan fingerprint density at radius 3 is 2.59 bits per heavy atom. The van der Waals surface area contributed by atoms with E-state index in [1.807, 2.05) is 32.9 Å². The van der Waals surface area contributed by atoms with Gasteiger partial charge in [-0.2, -0.15) is 0 Å². The Kier molecular flexibility index (Phi) is 7.36. The first-order chi connectivity index (χ1) is 12.8. The van der Waals surface area contributed by atoms with Gasteiger partial charge in [0.2, 0.25) is 12.2 Å². The molecule has 1 fully saturated rings. The number of ether oxygens (including phenoxy) is 2. The van der Waals surface area contributed by atoms with Crippen LogP contribution >= 0.6 is 0 Å². The number of nitrogens with one attached hydrogen (secondary N) is 2. The van der Waals surface area contributed by atoms with E-state index < -0.39 is 24.3 Å². The Bertz CT molecular complexity index is 689. The molecule has 1 saturated heterocycles. The minimum Gasteiger partial charge on any atom is -0.434 e. The molecule has 1 aliphatic heterocycles. The molecule has 1 aliphatic rings. The zero-order chi connectivity index (χ0) is 20.0. The molecule has 0 saturated carbocycles. The highest BCUT2D eigenvalue weighted by molar-refractivity contribution is 5.98. The van der Waals surface area contributed by atoms with Crippen molar-refractivity contribution in [3.05, 3.63) is 35.4 Å². The average Bonchev–Trinajstić information content (AvgIpc) is 3.00. The molecule has 2 N–H and O–H groups in total. The normalized spacial score (nSPS) is 20.2. The smallest absolute Gasteiger partial charge is 0.305 e. The third-order valence-electron chi connectivity index (χ3n) is 4.37. The van der Waals surface area contributed by atoms with E-state index in [4.69, 9.17) is 9.47 Å². The Morgan fingerprint density at radius 2 is 1.96 bits per heavy atom. The summed E-state index contributed by atoms with van der Waals surface area (Å²) < 4.78 is 10.4. The summed E-state index contributed by atoms with van der Waals surface area (Å²) in [6, 6.07) is 6.13. The van der Waals surface area contributed by atoms with Gasteiger partial charge in [0.1, 0.15) is 6.04 Å². The van der Waals surface area contributed by atoms with Gasteiger partial charge in [0.15, 0.2) is 0 Å². The maximum atomic E-state index is 12.8. The van der Waals surface area contributed by atoms with E-state index in [9.17, 15) is 14.4 Å². The third kappa shape index (κ3) is 6.06. The summed E-state index contributed by atoms with van der Waals surface area (Å²) in [5.41, 5.74) is 1.39. The van der Waals surface area contributed by atoms with Crippen LogP contribution in [0.5, 0.6) is 0 Å². The van der Waals surface area contributed by atoms with Crippen molar-refractivity contribution in [1.29, 1.82) is 0 Å². The van der Waals surface area contributed by atoms with E-state index in [0.29, 0.717) is 25.0 Å². The predicted molar refractivity (Wildman–Crippen MR) is 99.9 cm³/mol. The number of benzene rings is 1. The molecule has 7 nitrogen and oxygen atoms in total. The highest BCUT2D eigenvalue weighted by Crippen LogP contribution is 2.16. The number of esters is 1. The summed E-state index contributed by atoms with van der Waals surface area (Å²) in [6.45, 7) is 7.52. The molecule has 1 aromatic rings. The van der Waals surface area contributed by atoms with Gasteiger partial charge >= 0.3 is 5.97 Å². The van der Waals surface area contributed by atoms with Gasteiger partial charge in [0, 0.05) is 12.5 Å². The van der Waals surface area contributed by atoms with Crippen molar-refractivity contribution < 1.29 is 23.9 Å². The molecule has 0 radical (unpaired) electrons. The fourth-order valence-corrected chi connectivity index (χ4v) is 3.03. The van der Waals surface area contributed by atoms with Crippen molar-refractivity contribution >= 4 is 17.8 Å². The van der Waals surface area contributed by atoms with Crippen molar-refractivity contribution in [1.82, 2.24) is 10.6 Å². The van der Waals surface area contributed by atoms with Crippen LogP contribution in [0.15, 0.2) is 24.3 Å². The quantitative estimate of drug-likeness (QED) is 0.709. The highest BCUT2D eigenvalue weighted by Gasteiger charge is 2.34. The van der Waals surface area contributed by atoms with E-state index in [1.54, 1.807) is 12.1 Å². The van der Waals surface area contributed by atoms with Gasteiger partial charge in [-0.25, -0.2) is 0 Å². The molecule has 3 atom stereocenters. The molecule has 0 aromatic heterocycles. The lowest BCUT2D eigenvalue weighted by atomic mass is 10.0. The minimum atomic E-state index is -0.793. The first-order valence-corrected chi connectivity index (χ1v) is 9.23. The fourth-order valence-electron chi connectivity index (χ4n) is 3.03. The lowest BCUT2D eigenvalue weighted by Gasteiger charge is -2.24. The standard InChI is InChI=1S/C20H28N2O5/c1-12(2)11-17(22-18(24)15-8-6-5-7-13(15)3)19(25)21-16-9-10-26-20(16)27-14(4)23/h5-8,12,16-17,20H,9-11H2,1-4H3,(H,21,25)(H,22,24)/t16-,17-,20-/m0/s1. The number of amides is 2. The number of aryl methyl sites for hydroxylation is 1. The van der Waals surface area contributed by atoms with Crippen LogP contribution in [0.4, 0.5) is 0 Å². The van der Waals surface area contributed by atoms with Gasteiger partial charge in [-0.05, 0) is 37.3 Å². The molecule has 2 rings (SSSR count). The molecule has 0 bridgehead atoms. The van der Waals surface area contributed by atoms with Gasteiger partial charge in [-0.1, -0.05) is 32.0 Å². The molecule has 27 heavy (non-hydrogen) atoms. The number of hydrogen-bond donors (Lipinski definition) is 2. The molecular formula is C20H28N2O5. The maximum absolute atomic E-state index is 12.8. The predicted octanol–water partition coefficient (Wildman–Crippen LogP) is 1.93. The SMILES string of the molecule is CC(=O)O[C@@H]1OCC[C@@H]1NC(=O)[C@H](CC(C)C)NC(=O)c1ccccc1C. The van der Waals surface area contributed by atoms with E-state index >= 15 is 0 Å².